The molecule has 2 aromatic rings. The van der Waals surface area contributed by atoms with E-state index in [-0.39, 0.29) is 0 Å². The van der Waals surface area contributed by atoms with Gasteiger partial charge in [-0.1, -0.05) is 18.2 Å². The van der Waals surface area contributed by atoms with Crippen molar-refractivity contribution in [2.75, 3.05) is 11.1 Å². The summed E-state index contributed by atoms with van der Waals surface area (Å²) in [6, 6.07) is 13.0. The number of rotatable bonds is 3. The lowest BCUT2D eigenvalue weighted by atomic mass is 10.3. The maximum absolute atomic E-state index is 5.82. The molecular formula is C14H15N5S. The highest BCUT2D eigenvalue weighted by molar-refractivity contribution is 7.80. The van der Waals surface area contributed by atoms with E-state index in [0.29, 0.717) is 10.8 Å². The number of para-hydroxylation sites is 2. The van der Waals surface area contributed by atoms with Crippen molar-refractivity contribution >= 4 is 34.4 Å². The molecule has 0 aliphatic heterocycles. The summed E-state index contributed by atoms with van der Waals surface area (Å²) in [5.74, 6) is 0. The number of nitrogens with zero attached hydrogens (tertiary/aromatic N) is 2. The van der Waals surface area contributed by atoms with Gasteiger partial charge in [0.1, 0.15) is 0 Å². The lowest BCUT2D eigenvalue weighted by Gasteiger charge is -2.09. The number of hydrogen-bond acceptors (Lipinski definition) is 4. The molecule has 0 fully saturated rings. The van der Waals surface area contributed by atoms with Crippen LogP contribution in [0, 0.1) is 0 Å². The number of anilines is 2. The molecule has 0 saturated carbocycles. The molecule has 0 saturated heterocycles. The fourth-order valence-corrected chi connectivity index (χ4v) is 1.69. The van der Waals surface area contributed by atoms with E-state index in [4.69, 9.17) is 18.0 Å². The van der Waals surface area contributed by atoms with Gasteiger partial charge in [-0.15, -0.1) is 0 Å². The Balaban J connectivity index is 1.97. The summed E-state index contributed by atoms with van der Waals surface area (Å²) in [5.41, 5.74) is 11.5. The van der Waals surface area contributed by atoms with E-state index in [1.807, 2.05) is 43.3 Å². The van der Waals surface area contributed by atoms with Crippen LogP contribution in [0.3, 0.4) is 0 Å². The van der Waals surface area contributed by atoms with Crippen molar-refractivity contribution in [2.45, 2.75) is 6.92 Å². The molecule has 102 valence electrons. The van der Waals surface area contributed by atoms with Crippen molar-refractivity contribution in [1.82, 2.24) is 10.4 Å². The first kappa shape index (κ1) is 14.0. The zero-order valence-electron chi connectivity index (χ0n) is 11.0. The van der Waals surface area contributed by atoms with E-state index in [1.165, 1.54) is 0 Å². The highest BCUT2D eigenvalue weighted by atomic mass is 32.1. The van der Waals surface area contributed by atoms with E-state index >= 15 is 0 Å². The maximum Gasteiger partial charge on any atom is 0.191 e. The monoisotopic (exact) mass is 285 g/mol. The standard InChI is InChI=1S/C14H15N5S/c1-10(12-7-4-5-9-16-12)18-19-14(20)17-13-8-3-2-6-11(13)15/h2-9H,15H2,1H3,(H2,17,19,20)/b18-10+. The lowest BCUT2D eigenvalue weighted by Crippen LogP contribution is -2.25. The Morgan fingerprint density at radius 1 is 1.20 bits per heavy atom. The molecule has 0 aliphatic carbocycles. The second kappa shape index (κ2) is 6.63. The van der Waals surface area contributed by atoms with Crippen LogP contribution in [0.15, 0.2) is 53.8 Å². The average Bonchev–Trinajstić information content (AvgIpc) is 2.48. The average molecular weight is 285 g/mol. The van der Waals surface area contributed by atoms with Crippen LogP contribution >= 0.6 is 12.2 Å². The van der Waals surface area contributed by atoms with E-state index in [2.05, 4.69) is 20.8 Å². The van der Waals surface area contributed by atoms with Gasteiger partial charge in [-0.2, -0.15) is 5.10 Å². The summed E-state index contributed by atoms with van der Waals surface area (Å²) in [4.78, 5) is 4.20. The normalized spacial score (nSPS) is 10.9. The molecule has 0 bridgehead atoms. The minimum atomic E-state index is 0.373. The number of aromatic nitrogens is 1. The van der Waals surface area contributed by atoms with E-state index in [0.717, 1.165) is 17.1 Å². The molecule has 0 unspecified atom stereocenters. The maximum atomic E-state index is 5.82. The SMILES string of the molecule is C/C(=N\NC(=S)Nc1ccccc1N)c1ccccn1. The number of benzene rings is 1. The number of hydrazone groups is 1. The smallest absolute Gasteiger partial charge is 0.191 e. The molecule has 0 radical (unpaired) electrons. The Bertz CT molecular complexity index is 624. The second-order valence-corrected chi connectivity index (χ2v) is 4.47. The first-order chi connectivity index (χ1) is 9.66. The van der Waals surface area contributed by atoms with Gasteiger partial charge in [0.05, 0.1) is 22.8 Å². The van der Waals surface area contributed by atoms with Crippen LogP contribution in [0.2, 0.25) is 0 Å². The Hall–Kier alpha value is -2.47. The number of nitrogens with two attached hydrogens (primary N) is 1. The Morgan fingerprint density at radius 2 is 1.95 bits per heavy atom. The molecule has 1 heterocycles. The summed E-state index contributed by atoms with van der Waals surface area (Å²) in [6.07, 6.45) is 1.72. The largest absolute Gasteiger partial charge is 0.397 e. The first-order valence-corrected chi connectivity index (χ1v) is 6.45. The quantitative estimate of drug-likeness (QED) is 0.349. The van der Waals surface area contributed by atoms with Crippen LogP contribution in [0.1, 0.15) is 12.6 Å². The van der Waals surface area contributed by atoms with E-state index in [9.17, 15) is 0 Å². The van der Waals surface area contributed by atoms with E-state index in [1.54, 1.807) is 12.3 Å². The summed E-state index contributed by atoms with van der Waals surface area (Å²) in [5, 5.41) is 7.54. The summed E-state index contributed by atoms with van der Waals surface area (Å²) in [7, 11) is 0. The molecule has 0 atom stereocenters. The van der Waals surface area contributed by atoms with Crippen LogP contribution in [0.25, 0.3) is 0 Å². The van der Waals surface area contributed by atoms with Gasteiger partial charge >= 0.3 is 0 Å². The van der Waals surface area contributed by atoms with Gasteiger partial charge in [0.25, 0.3) is 0 Å². The molecule has 1 aromatic heterocycles. The molecule has 2 rings (SSSR count). The zero-order valence-corrected chi connectivity index (χ0v) is 11.8. The molecule has 5 nitrogen and oxygen atoms in total. The molecule has 0 aliphatic rings. The van der Waals surface area contributed by atoms with Gasteiger partial charge in [0.2, 0.25) is 0 Å². The zero-order chi connectivity index (χ0) is 14.4. The highest BCUT2D eigenvalue weighted by Crippen LogP contribution is 2.16. The summed E-state index contributed by atoms with van der Waals surface area (Å²) >= 11 is 5.16. The predicted molar refractivity (Wildman–Crippen MR) is 86.7 cm³/mol. The topological polar surface area (TPSA) is 75.3 Å². The number of nitrogen functional groups attached to an aromatic ring is 1. The molecule has 6 heteroatoms. The fourth-order valence-electron chi connectivity index (χ4n) is 1.53. The minimum Gasteiger partial charge on any atom is -0.397 e. The number of thiocarbonyl (C=S) groups is 1. The highest BCUT2D eigenvalue weighted by Gasteiger charge is 2.01. The van der Waals surface area contributed by atoms with Crippen molar-refractivity contribution in [3.8, 4) is 0 Å². The third-order valence-corrected chi connectivity index (χ3v) is 2.76. The van der Waals surface area contributed by atoms with Gasteiger partial charge in [-0.3, -0.25) is 10.4 Å². The van der Waals surface area contributed by atoms with Crippen molar-refractivity contribution in [3.63, 3.8) is 0 Å². The van der Waals surface area contributed by atoms with Gasteiger partial charge in [0.15, 0.2) is 5.11 Å². The van der Waals surface area contributed by atoms with Crippen molar-refractivity contribution in [1.29, 1.82) is 0 Å². The summed E-state index contributed by atoms with van der Waals surface area (Å²) < 4.78 is 0. The van der Waals surface area contributed by atoms with Crippen LogP contribution in [-0.4, -0.2) is 15.8 Å². The molecule has 1 aromatic carbocycles. The van der Waals surface area contributed by atoms with Crippen molar-refractivity contribution < 1.29 is 0 Å². The molecule has 0 amide bonds. The third-order valence-electron chi connectivity index (χ3n) is 2.57. The first-order valence-electron chi connectivity index (χ1n) is 6.04. The van der Waals surface area contributed by atoms with Crippen molar-refractivity contribution in [3.05, 3.63) is 54.4 Å². The molecule has 0 spiro atoms. The van der Waals surface area contributed by atoms with Gasteiger partial charge in [0, 0.05) is 6.20 Å². The van der Waals surface area contributed by atoms with E-state index < -0.39 is 0 Å². The van der Waals surface area contributed by atoms with Gasteiger partial charge in [-0.05, 0) is 43.4 Å². The van der Waals surface area contributed by atoms with Crippen LogP contribution < -0.4 is 16.5 Å². The van der Waals surface area contributed by atoms with Gasteiger partial charge < -0.3 is 11.1 Å². The third kappa shape index (κ3) is 3.76. The second-order valence-electron chi connectivity index (χ2n) is 4.07. The van der Waals surface area contributed by atoms with Crippen LogP contribution in [-0.2, 0) is 0 Å². The minimum absolute atomic E-state index is 0.373. The van der Waals surface area contributed by atoms with Crippen molar-refractivity contribution in [2.24, 2.45) is 5.10 Å². The molecule has 4 N–H and O–H groups in total. The molecular weight excluding hydrogens is 270 g/mol. The Labute approximate surface area is 122 Å². The Kier molecular flexibility index (Phi) is 4.62. The van der Waals surface area contributed by atoms with Crippen LogP contribution in [0.4, 0.5) is 11.4 Å². The van der Waals surface area contributed by atoms with Gasteiger partial charge in [-0.25, -0.2) is 0 Å². The Morgan fingerprint density at radius 3 is 2.65 bits per heavy atom. The number of nitrogens with one attached hydrogen (secondary N) is 2. The predicted octanol–water partition coefficient (Wildman–Crippen LogP) is 2.37. The molecule has 20 heavy (non-hydrogen) atoms. The number of hydrogen-bond donors (Lipinski definition) is 3. The lowest BCUT2D eigenvalue weighted by molar-refractivity contribution is 1.03. The van der Waals surface area contributed by atoms with Crippen LogP contribution in [0.5, 0.6) is 0 Å². The fraction of sp³-hybridized carbons (Fsp3) is 0.0714. The summed E-state index contributed by atoms with van der Waals surface area (Å²) in [6.45, 7) is 1.86. The number of pyridine rings is 1.